The maximum Gasteiger partial charge on any atom is 0.397 e. The smallest absolute Gasteiger partial charge is 0.397 e. The molecule has 0 saturated carbocycles. The van der Waals surface area contributed by atoms with E-state index in [-0.39, 0.29) is 0 Å². The van der Waals surface area contributed by atoms with E-state index in [2.05, 4.69) is 27.5 Å². The van der Waals surface area contributed by atoms with Crippen molar-refractivity contribution in [2.24, 2.45) is 15.0 Å². The maximum atomic E-state index is 13.0. The van der Waals surface area contributed by atoms with Crippen LogP contribution in [0.25, 0.3) is 0 Å². The number of nitrogens with zero attached hydrogens (tertiary/aromatic N) is 3. The van der Waals surface area contributed by atoms with Gasteiger partial charge in [-0.1, -0.05) is 0 Å². The molecule has 49 heteroatoms. The summed E-state index contributed by atoms with van der Waals surface area (Å²) in [5.74, 6) is -10.9. The van der Waals surface area contributed by atoms with Gasteiger partial charge in [-0.2, -0.15) is 25.3 Å². The number of rotatable bonds is 25. The molecule has 91 heavy (non-hydrogen) atoms. The van der Waals surface area contributed by atoms with Crippen LogP contribution in [-0.4, -0.2) is 335 Å². The minimum absolute atomic E-state index is 0.673. The third kappa shape index (κ3) is 18.9. The molecule has 0 aliphatic carbocycles. The molecule has 0 radical (unpaired) electrons. The van der Waals surface area contributed by atoms with Crippen LogP contribution < -0.4 is 30.6 Å². The van der Waals surface area contributed by atoms with Crippen molar-refractivity contribution in [1.82, 2.24) is 0 Å². The lowest BCUT2D eigenvalue weighted by molar-refractivity contribution is -0.391. The highest BCUT2D eigenvalue weighted by molar-refractivity contribution is 7.81. The maximum absolute atomic E-state index is 13.0. The topological polar surface area (TPSA) is 742 Å². The second-order valence-corrected chi connectivity index (χ2v) is 23.6. The molecule has 0 amide bonds. The van der Waals surface area contributed by atoms with E-state index in [0.29, 0.717) is 13.8 Å². The molecule has 6 aliphatic rings. The van der Waals surface area contributed by atoms with Crippen LogP contribution in [0, 0.1) is 0 Å². The van der Waals surface area contributed by atoms with Gasteiger partial charge < -0.3 is 153 Å². The molecule has 6 heterocycles. The zero-order valence-electron chi connectivity index (χ0n) is 46.1. The van der Waals surface area contributed by atoms with E-state index in [4.69, 9.17) is 56.7 Å². The lowest BCUT2D eigenvalue weighted by Crippen LogP contribution is -2.69. The highest BCUT2D eigenvalue weighted by atomic mass is 32.3. The zero-order valence-corrected chi connectivity index (χ0v) is 48.6. The van der Waals surface area contributed by atoms with Crippen molar-refractivity contribution < 1.29 is 205 Å². The molecule has 0 aromatic rings. The zero-order chi connectivity index (χ0) is 68.4. The number of aliphatic carboxylic acids is 3. The molecule has 0 aromatic heterocycles. The summed E-state index contributed by atoms with van der Waals surface area (Å²) in [5, 5.41) is 197. The fourth-order valence-electron chi connectivity index (χ4n) is 9.84. The summed E-state index contributed by atoms with van der Waals surface area (Å²) in [6, 6.07) is -6.90. The molecule has 0 spiro atoms. The number of carbonyl (C=O) groups is 3. The van der Waals surface area contributed by atoms with Gasteiger partial charge in [-0.15, -0.1) is 0 Å². The molecule has 524 valence electrons. The van der Waals surface area contributed by atoms with Gasteiger partial charge >= 0.3 is 31.2 Å². The Morgan fingerprint density at radius 1 is 0.352 bits per heavy atom. The second kappa shape index (κ2) is 30.5. The van der Waals surface area contributed by atoms with Crippen LogP contribution in [0.4, 0.5) is 0 Å². The first kappa shape index (κ1) is 75.6. The molecule has 0 aromatic carbocycles. The molecule has 6 aliphatic heterocycles. The summed E-state index contributed by atoms with van der Waals surface area (Å²) in [6.45, 7) is -2.19. The minimum atomic E-state index is -5.56. The SMILES string of the molecule is CC([O-])=NC1C(OC2C(C(=O)[O-])OC(OC3C(O)C(COS(=O)(=O)O)OC(OC4C(C(=O)[O-])OC(OC5C(O)C(COS(=O)(=O)O)OC(OC6C(C(=O)[O-])OC(O)C(O)C6O)C5N=C(C)[O-])C(O)C4O)C3N=C(C)[O-])C(O)C2O)OC(COS(=O)(=O)O)C(O)C1O. The van der Waals surface area contributed by atoms with Crippen LogP contribution >= 0.6 is 0 Å². The Morgan fingerprint density at radius 2 is 0.626 bits per heavy atom. The Hall–Kier alpha value is -4.45. The number of carboxylic acid groups (broad SMARTS) is 3. The second-order valence-electron chi connectivity index (χ2n) is 20.3. The van der Waals surface area contributed by atoms with Crippen LogP contribution in [0.2, 0.25) is 0 Å². The van der Waals surface area contributed by atoms with E-state index < -0.39 is 271 Å². The highest BCUT2D eigenvalue weighted by Crippen LogP contribution is 2.39. The average Bonchev–Trinajstić information content (AvgIpc) is 0.783. The van der Waals surface area contributed by atoms with E-state index in [9.17, 15) is 136 Å². The number of hydrogen-bond donors (Lipinski definition) is 14. The molecule has 14 N–H and O–H groups in total. The number of aliphatic hydroxyl groups excluding tert-OH is 11. The van der Waals surface area contributed by atoms with Crippen molar-refractivity contribution in [2.75, 3.05) is 19.8 Å². The van der Waals surface area contributed by atoms with Crippen molar-refractivity contribution in [3.63, 3.8) is 0 Å². The molecule has 30 atom stereocenters. The number of carboxylic acids is 3. The monoisotopic (exact) mass is 1390 g/mol. The average molecular weight is 1390 g/mol. The van der Waals surface area contributed by atoms with Crippen molar-refractivity contribution in [3.8, 4) is 0 Å². The van der Waals surface area contributed by atoms with Gasteiger partial charge in [0.05, 0.1) is 37.7 Å². The molecule has 6 rings (SSSR count). The van der Waals surface area contributed by atoms with E-state index >= 15 is 0 Å². The minimum Gasteiger partial charge on any atom is -0.862 e. The van der Waals surface area contributed by atoms with Crippen LogP contribution in [-0.2, 0) is 110 Å². The lowest BCUT2D eigenvalue weighted by Gasteiger charge is -2.51. The number of aliphatic imine (C=N–C) groups is 3. The Morgan fingerprint density at radius 3 is 0.934 bits per heavy atom. The normalized spacial score (nSPS) is 43.4. The summed E-state index contributed by atoms with van der Waals surface area (Å²) in [4.78, 5) is 48.5. The van der Waals surface area contributed by atoms with E-state index in [0.717, 1.165) is 6.92 Å². The third-order valence-electron chi connectivity index (χ3n) is 13.9. The van der Waals surface area contributed by atoms with Crippen molar-refractivity contribution in [1.29, 1.82) is 0 Å². The summed E-state index contributed by atoms with van der Waals surface area (Å²) >= 11 is 0. The third-order valence-corrected chi connectivity index (χ3v) is 15.2. The van der Waals surface area contributed by atoms with Gasteiger partial charge in [0, 0.05) is 0 Å². The molecule has 0 bridgehead atoms. The van der Waals surface area contributed by atoms with Gasteiger partial charge in [-0.05, 0) is 38.5 Å². The van der Waals surface area contributed by atoms with Gasteiger partial charge in [-0.3, -0.25) is 28.6 Å². The van der Waals surface area contributed by atoms with Crippen LogP contribution in [0.1, 0.15) is 20.8 Å². The first-order valence-electron chi connectivity index (χ1n) is 25.8. The summed E-state index contributed by atoms with van der Waals surface area (Å²) in [6.07, 6.45) is -68.9. The van der Waals surface area contributed by atoms with Gasteiger partial charge in [0.25, 0.3) is 0 Å². The molecular formula is C42H59N3O43S3-6. The quantitative estimate of drug-likeness (QED) is 0.0229. The van der Waals surface area contributed by atoms with Crippen LogP contribution in [0.15, 0.2) is 15.0 Å². The van der Waals surface area contributed by atoms with E-state index in [1.807, 2.05) is 0 Å². The number of aliphatic hydroxyl groups is 11. The summed E-state index contributed by atoms with van der Waals surface area (Å²) < 4.78 is 170. The summed E-state index contributed by atoms with van der Waals surface area (Å²) in [7, 11) is -16.3. The van der Waals surface area contributed by atoms with Crippen LogP contribution in [0.3, 0.4) is 0 Å². The number of hydrogen-bond acceptors (Lipinski definition) is 43. The number of ether oxygens (including phenoxy) is 11. The number of carbonyl (C=O) groups excluding carboxylic acids is 3. The van der Waals surface area contributed by atoms with Crippen molar-refractivity contribution >= 4 is 66.8 Å². The predicted molar refractivity (Wildman–Crippen MR) is 257 cm³/mol. The van der Waals surface area contributed by atoms with Crippen molar-refractivity contribution in [2.45, 2.75) is 205 Å². The van der Waals surface area contributed by atoms with Crippen molar-refractivity contribution in [3.05, 3.63) is 0 Å². The Balaban J connectivity index is 1.33. The Kier molecular flexibility index (Phi) is 25.3. The fourth-order valence-corrected chi connectivity index (χ4v) is 10.8. The first-order valence-corrected chi connectivity index (χ1v) is 29.9. The largest absolute Gasteiger partial charge is 0.862 e. The van der Waals surface area contributed by atoms with Gasteiger partial charge in [-0.25, -0.2) is 12.5 Å². The standard InChI is InChI=1S/C42H65N3O43S3/c1-7(46)43-13-19(52)16(49)10(4-75-89(66,67)68)78-38(13)84-29-21(54)24(57)41(87-32(29)35(61)62)83-27-15(45-9(3)48)40(80-12(18(27)51)6-77-91(72,73)74)86-30-22(55)25(58)42(88-33(30)36(63)64)82-26-14(44-8(2)47)39(79-11(17(26)50)5-76-90(69,70)71)85-28-20(53)23(56)37(65)81-31(28)34(59)60/h10-33,37-42,49-58,65H,4-6H2,1-3H3,(H,43,46)(H,44,47)(H,45,48)(H,59,60)(H,61,62)(H,63,64)(H,66,67,68)(H,69,70,71)(H,72,73,74)/p-6. The first-order chi connectivity index (χ1) is 42.0. The molecule has 30 unspecified atom stereocenters. The fraction of sp³-hybridized carbons (Fsp3) is 0.857. The molecular weight excluding hydrogens is 1330 g/mol. The van der Waals surface area contributed by atoms with Gasteiger partial charge in [0.2, 0.25) is 0 Å². The Labute approximate surface area is 509 Å². The molecule has 46 nitrogen and oxygen atoms in total. The van der Waals surface area contributed by atoms with Gasteiger partial charge in [0.1, 0.15) is 146 Å². The van der Waals surface area contributed by atoms with Crippen LogP contribution in [0.5, 0.6) is 0 Å². The summed E-state index contributed by atoms with van der Waals surface area (Å²) in [5.41, 5.74) is 0. The van der Waals surface area contributed by atoms with E-state index in [1.54, 1.807) is 0 Å². The van der Waals surface area contributed by atoms with Gasteiger partial charge in [0.15, 0.2) is 37.7 Å². The molecule has 6 fully saturated rings. The lowest BCUT2D eigenvalue weighted by atomic mass is 9.94. The Bertz CT molecular complexity index is 2950. The van der Waals surface area contributed by atoms with E-state index in [1.165, 1.54) is 0 Å². The highest BCUT2D eigenvalue weighted by Gasteiger charge is 2.59. The molecule has 6 saturated heterocycles. The predicted octanol–water partition coefficient (Wildman–Crippen LogP) is -19.0.